The Balaban J connectivity index is 1.65. The quantitative estimate of drug-likeness (QED) is 0.232. The van der Waals surface area contributed by atoms with Gasteiger partial charge < -0.3 is 10.5 Å². The monoisotopic (exact) mass is 577 g/mol. The van der Waals surface area contributed by atoms with Gasteiger partial charge >= 0.3 is 5.97 Å². The van der Waals surface area contributed by atoms with Crippen LogP contribution in [0.1, 0.15) is 64.0 Å². The van der Waals surface area contributed by atoms with Gasteiger partial charge in [-0.05, 0) is 60.1 Å². The van der Waals surface area contributed by atoms with Crippen LogP contribution in [-0.4, -0.2) is 31.3 Å². The van der Waals surface area contributed by atoms with Gasteiger partial charge in [0.15, 0.2) is 10.8 Å². The van der Waals surface area contributed by atoms with E-state index in [0.29, 0.717) is 36.2 Å². The van der Waals surface area contributed by atoms with E-state index < -0.39 is 45.3 Å². The normalized spacial score (nSPS) is 20.3. The molecule has 4 atom stereocenters. The number of Topliss-reactive ketones (excluding diaryl/α,β-unsaturated/α-hetero) is 1. The van der Waals surface area contributed by atoms with Crippen LogP contribution in [0.4, 0.5) is 11.4 Å². The molecule has 0 amide bonds. The highest BCUT2D eigenvalue weighted by Gasteiger charge is 2.51. The number of anilines is 2. The van der Waals surface area contributed by atoms with E-state index in [2.05, 4.69) is 9.71 Å². The third-order valence-electron chi connectivity index (χ3n) is 7.60. The van der Waals surface area contributed by atoms with Crippen molar-refractivity contribution in [3.05, 3.63) is 84.1 Å². The van der Waals surface area contributed by atoms with Crippen LogP contribution >= 0.6 is 0 Å². The maximum atomic E-state index is 14.2. The summed E-state index contributed by atoms with van der Waals surface area (Å²) in [4.78, 5) is 31.6. The number of carbonyl (C=O) groups is 2. The molecule has 9 heteroatoms. The van der Waals surface area contributed by atoms with E-state index >= 15 is 0 Å². The SMILES string of the molecule is CCC[C@@H]1OC(=O)C(C(c2cccc(NS(=O)(=O)c3ccc(N)cn3)c2)C(C)(C)C)C(=O)C1CCc1ccccc1. The average Bonchev–Trinajstić information content (AvgIpc) is 2.91. The summed E-state index contributed by atoms with van der Waals surface area (Å²) < 4.78 is 34.5. The van der Waals surface area contributed by atoms with Crippen molar-refractivity contribution >= 4 is 33.2 Å². The Kier molecular flexibility index (Phi) is 9.17. The number of rotatable bonds is 10. The van der Waals surface area contributed by atoms with E-state index in [9.17, 15) is 18.0 Å². The highest BCUT2D eigenvalue weighted by Crippen LogP contribution is 2.46. The van der Waals surface area contributed by atoms with Gasteiger partial charge in [-0.3, -0.25) is 14.3 Å². The molecule has 41 heavy (non-hydrogen) atoms. The maximum absolute atomic E-state index is 14.2. The molecular formula is C32H39N3O5S. The van der Waals surface area contributed by atoms with Crippen LogP contribution in [0.3, 0.4) is 0 Å². The molecule has 1 saturated heterocycles. The number of nitrogens with one attached hydrogen (secondary N) is 1. The molecule has 0 saturated carbocycles. The van der Waals surface area contributed by atoms with Crippen LogP contribution in [0.25, 0.3) is 0 Å². The standard InChI is InChI=1S/C32H39N3O5S/c1-5-10-26-25(17-15-21-11-7-6-8-12-21)30(36)28(31(37)40-26)29(32(2,3)4)22-13-9-14-24(19-22)35-41(38,39)27-18-16-23(33)20-34-27/h6-9,11-14,16,18-20,25-26,28-29,35H,5,10,15,17,33H2,1-4H3/t25?,26-,28?,29?/m0/s1. The lowest BCUT2D eigenvalue weighted by molar-refractivity contribution is -0.174. The Bertz CT molecular complexity index is 1470. The van der Waals surface area contributed by atoms with Crippen molar-refractivity contribution in [1.29, 1.82) is 0 Å². The molecule has 3 aromatic rings. The minimum atomic E-state index is -3.99. The summed E-state index contributed by atoms with van der Waals surface area (Å²) in [6.07, 6.45) is 3.54. The number of cyclic esters (lactones) is 1. The number of sulfonamides is 1. The second kappa shape index (κ2) is 12.4. The molecule has 8 nitrogen and oxygen atoms in total. The molecule has 0 bridgehead atoms. The zero-order chi connectivity index (χ0) is 29.8. The molecule has 0 aliphatic carbocycles. The van der Waals surface area contributed by atoms with Crippen molar-refractivity contribution in [2.24, 2.45) is 17.3 Å². The average molecular weight is 578 g/mol. The number of aromatic nitrogens is 1. The summed E-state index contributed by atoms with van der Waals surface area (Å²) in [6.45, 7) is 7.95. The summed E-state index contributed by atoms with van der Waals surface area (Å²) in [5, 5.41) is -0.168. The van der Waals surface area contributed by atoms with Crippen LogP contribution in [0, 0.1) is 17.3 Å². The van der Waals surface area contributed by atoms with Gasteiger partial charge in [0.1, 0.15) is 12.0 Å². The van der Waals surface area contributed by atoms with Gasteiger partial charge in [0.05, 0.1) is 17.8 Å². The van der Waals surface area contributed by atoms with E-state index in [4.69, 9.17) is 10.5 Å². The number of hydrogen-bond donors (Lipinski definition) is 2. The van der Waals surface area contributed by atoms with Gasteiger partial charge in [-0.15, -0.1) is 0 Å². The molecule has 1 aliphatic heterocycles. The molecule has 2 heterocycles. The van der Waals surface area contributed by atoms with Crippen LogP contribution in [0.5, 0.6) is 0 Å². The molecule has 4 rings (SSSR count). The highest BCUT2D eigenvalue weighted by atomic mass is 32.2. The van der Waals surface area contributed by atoms with Crippen molar-refractivity contribution in [2.75, 3.05) is 10.5 Å². The molecule has 1 fully saturated rings. The highest BCUT2D eigenvalue weighted by molar-refractivity contribution is 7.92. The molecule has 1 aromatic heterocycles. The number of esters is 1. The number of aryl methyl sites for hydroxylation is 1. The first kappa shape index (κ1) is 30.2. The van der Waals surface area contributed by atoms with Gasteiger partial charge in [-0.25, -0.2) is 4.98 Å². The summed E-state index contributed by atoms with van der Waals surface area (Å²) in [6, 6.07) is 19.6. The third kappa shape index (κ3) is 7.14. The van der Waals surface area contributed by atoms with E-state index in [1.54, 1.807) is 18.2 Å². The smallest absolute Gasteiger partial charge is 0.317 e. The number of hydrogen-bond acceptors (Lipinski definition) is 7. The van der Waals surface area contributed by atoms with E-state index in [-0.39, 0.29) is 10.8 Å². The van der Waals surface area contributed by atoms with Crippen LogP contribution in [0.2, 0.25) is 0 Å². The molecule has 3 unspecified atom stereocenters. The lowest BCUT2D eigenvalue weighted by Gasteiger charge is -2.42. The Labute approximate surface area is 242 Å². The topological polar surface area (TPSA) is 128 Å². The largest absolute Gasteiger partial charge is 0.461 e. The first-order chi connectivity index (χ1) is 19.4. The Hall–Kier alpha value is -3.72. The zero-order valence-electron chi connectivity index (χ0n) is 24.0. The van der Waals surface area contributed by atoms with Crippen LogP contribution < -0.4 is 10.5 Å². The fraction of sp³-hybridized carbons (Fsp3) is 0.406. The van der Waals surface area contributed by atoms with E-state index in [1.165, 1.54) is 18.3 Å². The van der Waals surface area contributed by atoms with E-state index in [0.717, 1.165) is 12.0 Å². The van der Waals surface area contributed by atoms with Gasteiger partial charge in [0, 0.05) is 11.6 Å². The summed E-state index contributed by atoms with van der Waals surface area (Å²) in [5.74, 6) is -2.58. The number of nitrogens with two attached hydrogens (primary N) is 1. The van der Waals surface area contributed by atoms with Gasteiger partial charge in [0.2, 0.25) is 0 Å². The molecular weight excluding hydrogens is 538 g/mol. The number of ether oxygens (including phenoxy) is 1. The number of nitrogens with zero attached hydrogens (tertiary/aromatic N) is 1. The first-order valence-electron chi connectivity index (χ1n) is 14.0. The van der Waals surface area contributed by atoms with Crippen LogP contribution in [0.15, 0.2) is 78.0 Å². The molecule has 218 valence electrons. The third-order valence-corrected chi connectivity index (χ3v) is 8.90. The lowest BCUT2D eigenvalue weighted by atomic mass is 9.65. The fourth-order valence-electron chi connectivity index (χ4n) is 5.72. The second-order valence-corrected chi connectivity index (χ2v) is 13.4. The van der Waals surface area contributed by atoms with Crippen LogP contribution in [-0.2, 0) is 30.8 Å². The predicted octanol–water partition coefficient (Wildman–Crippen LogP) is 5.75. The fourth-order valence-corrected chi connectivity index (χ4v) is 6.70. The first-order valence-corrected chi connectivity index (χ1v) is 15.5. The molecule has 0 spiro atoms. The van der Waals surface area contributed by atoms with Gasteiger partial charge in [0.25, 0.3) is 10.0 Å². The Morgan fingerprint density at radius 2 is 1.73 bits per heavy atom. The second-order valence-electron chi connectivity index (χ2n) is 11.8. The number of carbonyl (C=O) groups excluding carboxylic acids is 2. The zero-order valence-corrected chi connectivity index (χ0v) is 24.9. The van der Waals surface area contributed by atoms with E-state index in [1.807, 2.05) is 64.1 Å². The van der Waals surface area contributed by atoms with Crippen molar-refractivity contribution in [3.63, 3.8) is 0 Å². The Morgan fingerprint density at radius 3 is 2.37 bits per heavy atom. The predicted molar refractivity (Wildman–Crippen MR) is 160 cm³/mol. The van der Waals surface area contributed by atoms with Crippen molar-refractivity contribution in [1.82, 2.24) is 4.98 Å². The summed E-state index contributed by atoms with van der Waals surface area (Å²) in [7, 11) is -3.99. The van der Waals surface area contributed by atoms with Crippen molar-refractivity contribution in [2.45, 2.75) is 70.4 Å². The molecule has 3 N–H and O–H groups in total. The molecule has 1 aliphatic rings. The number of nitrogen functional groups attached to an aromatic ring is 1. The van der Waals surface area contributed by atoms with Crippen molar-refractivity contribution in [3.8, 4) is 0 Å². The Morgan fingerprint density at radius 1 is 1.00 bits per heavy atom. The number of pyridine rings is 1. The molecule has 0 radical (unpaired) electrons. The number of benzene rings is 2. The van der Waals surface area contributed by atoms with Crippen molar-refractivity contribution < 1.29 is 22.7 Å². The summed E-state index contributed by atoms with van der Waals surface area (Å²) in [5.41, 5.74) is 7.60. The minimum absolute atomic E-state index is 0.104. The minimum Gasteiger partial charge on any atom is -0.461 e. The summed E-state index contributed by atoms with van der Waals surface area (Å²) >= 11 is 0. The number of ketones is 1. The maximum Gasteiger partial charge on any atom is 0.317 e. The van der Waals surface area contributed by atoms with Gasteiger partial charge in [-0.2, -0.15) is 8.42 Å². The van der Waals surface area contributed by atoms with Gasteiger partial charge in [-0.1, -0.05) is 76.6 Å². The lowest BCUT2D eigenvalue weighted by Crippen LogP contribution is -2.50. The molecule has 2 aromatic carbocycles.